The lowest BCUT2D eigenvalue weighted by Crippen LogP contribution is -2.13. The minimum absolute atomic E-state index is 0.112. The number of hydrogen-bond donors (Lipinski definition) is 2. The van der Waals surface area contributed by atoms with Crippen molar-refractivity contribution in [3.63, 3.8) is 0 Å². The predicted octanol–water partition coefficient (Wildman–Crippen LogP) is 3.29. The number of benzene rings is 1. The van der Waals surface area contributed by atoms with Gasteiger partial charge in [-0.3, -0.25) is 4.72 Å². The van der Waals surface area contributed by atoms with Gasteiger partial charge in [0.15, 0.2) is 0 Å². The van der Waals surface area contributed by atoms with Gasteiger partial charge in [0, 0.05) is 6.07 Å². The molecule has 0 aliphatic heterocycles. The fourth-order valence-electron chi connectivity index (χ4n) is 1.38. The number of anilines is 1. The molecular formula is C11H6BrF2NO4S2. The van der Waals surface area contributed by atoms with Crippen molar-refractivity contribution in [2.45, 2.75) is 4.21 Å². The van der Waals surface area contributed by atoms with E-state index in [0.29, 0.717) is 17.4 Å². The topological polar surface area (TPSA) is 83.5 Å². The maximum atomic E-state index is 13.5. The molecule has 0 fully saturated rings. The summed E-state index contributed by atoms with van der Waals surface area (Å²) < 4.78 is 52.2. The normalized spacial score (nSPS) is 11.4. The summed E-state index contributed by atoms with van der Waals surface area (Å²) in [6.07, 6.45) is 0. The van der Waals surface area contributed by atoms with E-state index in [1.54, 1.807) is 0 Å². The number of thiophene rings is 1. The van der Waals surface area contributed by atoms with E-state index < -0.39 is 33.3 Å². The Kier molecular flexibility index (Phi) is 4.30. The van der Waals surface area contributed by atoms with Crippen LogP contribution in [0.2, 0.25) is 0 Å². The molecule has 0 aliphatic carbocycles. The minimum atomic E-state index is -4.16. The van der Waals surface area contributed by atoms with Crippen LogP contribution in [0.5, 0.6) is 0 Å². The highest BCUT2D eigenvalue weighted by atomic mass is 79.9. The third-order valence-electron chi connectivity index (χ3n) is 2.31. The Balaban J connectivity index is 2.37. The van der Waals surface area contributed by atoms with E-state index in [9.17, 15) is 22.0 Å². The van der Waals surface area contributed by atoms with Crippen LogP contribution in [0, 0.1) is 11.6 Å². The fourth-order valence-corrected chi connectivity index (χ4v) is 3.92. The summed E-state index contributed by atoms with van der Waals surface area (Å²) in [5.74, 6) is -3.23. The van der Waals surface area contributed by atoms with Crippen LogP contribution in [0.4, 0.5) is 14.5 Å². The Morgan fingerprint density at radius 2 is 1.90 bits per heavy atom. The highest BCUT2D eigenvalue weighted by molar-refractivity contribution is 9.10. The van der Waals surface area contributed by atoms with Gasteiger partial charge in [0.25, 0.3) is 10.0 Å². The maximum absolute atomic E-state index is 13.5. The lowest BCUT2D eigenvalue weighted by Gasteiger charge is -2.08. The summed E-state index contributed by atoms with van der Waals surface area (Å²) in [7, 11) is -4.16. The van der Waals surface area contributed by atoms with Gasteiger partial charge in [0.05, 0.1) is 10.2 Å². The zero-order valence-corrected chi connectivity index (χ0v) is 13.2. The van der Waals surface area contributed by atoms with Gasteiger partial charge in [-0.1, -0.05) is 0 Å². The van der Waals surface area contributed by atoms with Crippen LogP contribution >= 0.6 is 27.3 Å². The first-order valence-corrected chi connectivity index (χ1v) is 8.30. The van der Waals surface area contributed by atoms with Gasteiger partial charge >= 0.3 is 5.97 Å². The second-order valence-corrected chi connectivity index (χ2v) is 7.62. The molecule has 1 heterocycles. The van der Waals surface area contributed by atoms with Gasteiger partial charge in [0.2, 0.25) is 0 Å². The molecule has 0 saturated heterocycles. The molecule has 21 heavy (non-hydrogen) atoms. The van der Waals surface area contributed by atoms with Crippen molar-refractivity contribution < 1.29 is 27.1 Å². The van der Waals surface area contributed by atoms with Crippen molar-refractivity contribution in [2.24, 2.45) is 0 Å². The molecule has 2 N–H and O–H groups in total. The highest BCUT2D eigenvalue weighted by Crippen LogP contribution is 2.28. The molecule has 2 aromatic rings. The van der Waals surface area contributed by atoms with Gasteiger partial charge < -0.3 is 5.11 Å². The van der Waals surface area contributed by atoms with Crippen molar-refractivity contribution in [3.05, 3.63) is 45.2 Å². The van der Waals surface area contributed by atoms with E-state index in [2.05, 4.69) is 15.9 Å². The molecule has 1 aromatic carbocycles. The van der Waals surface area contributed by atoms with Crippen LogP contribution in [0.15, 0.2) is 32.9 Å². The molecule has 0 unspecified atom stereocenters. The molecule has 2 rings (SSSR count). The van der Waals surface area contributed by atoms with Crippen LogP contribution in [0.3, 0.4) is 0 Å². The van der Waals surface area contributed by atoms with Crippen molar-refractivity contribution in [2.75, 3.05) is 4.72 Å². The monoisotopic (exact) mass is 397 g/mol. The molecule has 0 spiro atoms. The summed E-state index contributed by atoms with van der Waals surface area (Å²) in [6, 6.07) is 3.68. The molecule has 10 heteroatoms. The van der Waals surface area contributed by atoms with Crippen LogP contribution in [0.1, 0.15) is 9.67 Å². The number of halogens is 3. The number of hydrogen-bond acceptors (Lipinski definition) is 4. The minimum Gasteiger partial charge on any atom is -0.477 e. The van der Waals surface area contributed by atoms with Crippen LogP contribution in [-0.2, 0) is 10.0 Å². The van der Waals surface area contributed by atoms with E-state index >= 15 is 0 Å². The van der Waals surface area contributed by atoms with Gasteiger partial charge in [-0.15, -0.1) is 11.3 Å². The van der Waals surface area contributed by atoms with Crippen molar-refractivity contribution in [1.29, 1.82) is 0 Å². The van der Waals surface area contributed by atoms with Crippen LogP contribution < -0.4 is 4.72 Å². The Morgan fingerprint density at radius 3 is 2.48 bits per heavy atom. The SMILES string of the molecule is O=C(O)c1ccc(S(=O)(=O)Nc2cc(Br)c(F)cc2F)s1. The first-order valence-electron chi connectivity index (χ1n) is 5.21. The smallest absolute Gasteiger partial charge is 0.345 e. The number of sulfonamides is 1. The molecular weight excluding hydrogens is 392 g/mol. The zero-order valence-electron chi connectivity index (χ0n) is 9.93. The molecule has 0 saturated carbocycles. The number of carbonyl (C=O) groups is 1. The third kappa shape index (κ3) is 3.39. The lowest BCUT2D eigenvalue weighted by atomic mass is 10.3. The zero-order chi connectivity index (χ0) is 15.8. The number of rotatable bonds is 4. The first-order chi connectivity index (χ1) is 9.70. The summed E-state index contributed by atoms with van der Waals surface area (Å²) in [4.78, 5) is 10.6. The quantitative estimate of drug-likeness (QED) is 0.775. The van der Waals surface area contributed by atoms with Crippen LogP contribution in [0.25, 0.3) is 0 Å². The molecule has 5 nitrogen and oxygen atoms in total. The number of nitrogens with one attached hydrogen (secondary N) is 1. The lowest BCUT2D eigenvalue weighted by molar-refractivity contribution is 0.0702. The average Bonchev–Trinajstić information content (AvgIpc) is 2.86. The van der Waals surface area contributed by atoms with Gasteiger partial charge in [-0.25, -0.2) is 22.0 Å². The molecule has 1 aromatic heterocycles. The molecule has 0 bridgehead atoms. The Hall–Kier alpha value is -1.52. The largest absolute Gasteiger partial charge is 0.477 e. The van der Waals surface area contributed by atoms with Crippen molar-refractivity contribution >= 4 is 48.9 Å². The number of carboxylic acids is 1. The number of aromatic carboxylic acids is 1. The summed E-state index contributed by atoms with van der Waals surface area (Å²) in [5, 5.41) is 8.75. The summed E-state index contributed by atoms with van der Waals surface area (Å²) in [6.45, 7) is 0. The van der Waals surface area contributed by atoms with E-state index in [-0.39, 0.29) is 13.6 Å². The average molecular weight is 398 g/mol. The molecule has 0 amide bonds. The molecule has 0 aliphatic rings. The molecule has 0 atom stereocenters. The van der Waals surface area contributed by atoms with Gasteiger partial charge in [0.1, 0.15) is 20.7 Å². The second kappa shape index (κ2) is 5.70. The van der Waals surface area contributed by atoms with E-state index in [4.69, 9.17) is 5.11 Å². The van der Waals surface area contributed by atoms with E-state index in [1.807, 2.05) is 4.72 Å². The van der Waals surface area contributed by atoms with Crippen molar-refractivity contribution in [1.82, 2.24) is 0 Å². The van der Waals surface area contributed by atoms with E-state index in [1.165, 1.54) is 0 Å². The molecule has 0 radical (unpaired) electrons. The van der Waals surface area contributed by atoms with Gasteiger partial charge in [-0.05, 0) is 34.1 Å². The molecule has 112 valence electrons. The Morgan fingerprint density at radius 1 is 1.24 bits per heavy atom. The first kappa shape index (κ1) is 15.9. The fraction of sp³-hybridized carbons (Fsp3) is 0. The predicted molar refractivity (Wildman–Crippen MR) is 76.1 cm³/mol. The van der Waals surface area contributed by atoms with Crippen LogP contribution in [-0.4, -0.2) is 19.5 Å². The second-order valence-electron chi connectivity index (χ2n) is 3.78. The van der Waals surface area contributed by atoms with Gasteiger partial charge in [-0.2, -0.15) is 0 Å². The summed E-state index contributed by atoms with van der Waals surface area (Å²) >= 11 is 3.34. The maximum Gasteiger partial charge on any atom is 0.345 e. The highest BCUT2D eigenvalue weighted by Gasteiger charge is 2.21. The standard InChI is InChI=1S/C11H6BrF2NO4S2/c12-5-3-8(7(14)4-6(5)13)15-21(18,19)10-2-1-9(20-10)11(16)17/h1-4,15H,(H,16,17). The Labute approximate surface area is 130 Å². The third-order valence-corrected chi connectivity index (χ3v) is 5.85. The number of carboxylic acid groups (broad SMARTS) is 1. The van der Waals surface area contributed by atoms with E-state index in [0.717, 1.165) is 18.2 Å². The Bertz CT molecular complexity index is 820. The summed E-state index contributed by atoms with van der Waals surface area (Å²) in [5.41, 5.74) is -0.450. The van der Waals surface area contributed by atoms with Crippen molar-refractivity contribution in [3.8, 4) is 0 Å².